The number of amides is 1. The maximum absolute atomic E-state index is 12.1. The second-order valence-electron chi connectivity index (χ2n) is 5.81. The molecule has 136 valence electrons. The maximum Gasteiger partial charge on any atom is 0.344 e. The van der Waals surface area contributed by atoms with Crippen molar-refractivity contribution < 1.29 is 23.9 Å². The van der Waals surface area contributed by atoms with Crippen LogP contribution in [0.5, 0.6) is 5.75 Å². The first-order chi connectivity index (χ1) is 12.4. The molecule has 6 heteroatoms. The van der Waals surface area contributed by atoms with Gasteiger partial charge in [0.15, 0.2) is 18.5 Å². The second-order valence-corrected chi connectivity index (χ2v) is 5.81. The summed E-state index contributed by atoms with van der Waals surface area (Å²) < 4.78 is 10.5. The topological polar surface area (TPSA) is 81.7 Å². The highest BCUT2D eigenvalue weighted by Gasteiger charge is 2.18. The molecule has 0 saturated carbocycles. The maximum atomic E-state index is 12.1. The number of benzene rings is 2. The number of nitrogens with one attached hydrogen (secondary N) is 1. The van der Waals surface area contributed by atoms with E-state index >= 15 is 0 Å². The van der Waals surface area contributed by atoms with Gasteiger partial charge in [0.25, 0.3) is 5.91 Å². The van der Waals surface area contributed by atoms with Crippen molar-refractivity contribution in [3.8, 4) is 5.75 Å². The van der Waals surface area contributed by atoms with E-state index in [1.165, 1.54) is 13.8 Å². The molecule has 1 atom stereocenters. The Labute approximate surface area is 152 Å². The van der Waals surface area contributed by atoms with E-state index in [-0.39, 0.29) is 12.4 Å². The van der Waals surface area contributed by atoms with Crippen LogP contribution in [0.15, 0.2) is 48.5 Å². The Balaban J connectivity index is 1.86. The Kier molecular flexibility index (Phi) is 6.49. The molecule has 1 N–H and O–H groups in total. The molecule has 0 radical (unpaired) electrons. The van der Waals surface area contributed by atoms with Crippen molar-refractivity contribution in [2.45, 2.75) is 26.9 Å². The van der Waals surface area contributed by atoms with Gasteiger partial charge in [0.05, 0.1) is 0 Å². The Morgan fingerprint density at radius 3 is 2.50 bits per heavy atom. The number of ether oxygens (including phenoxy) is 2. The highest BCUT2D eigenvalue weighted by molar-refractivity contribution is 5.98. The van der Waals surface area contributed by atoms with Crippen molar-refractivity contribution in [3.63, 3.8) is 0 Å². The second kappa shape index (κ2) is 8.80. The number of rotatable bonds is 7. The summed E-state index contributed by atoms with van der Waals surface area (Å²) in [6.07, 6.45) is -0.996. The molecular formula is C20H21NO5. The highest BCUT2D eigenvalue weighted by atomic mass is 16.6. The summed E-state index contributed by atoms with van der Waals surface area (Å²) >= 11 is 0. The third-order valence-corrected chi connectivity index (χ3v) is 3.65. The fraction of sp³-hybridized carbons (Fsp3) is 0.250. The molecule has 0 aromatic heterocycles. The minimum atomic E-state index is -0.996. The molecule has 0 heterocycles. The van der Waals surface area contributed by atoms with Crippen LogP contribution in [-0.4, -0.2) is 30.4 Å². The molecule has 0 aliphatic rings. The molecule has 6 nitrogen and oxygen atoms in total. The molecule has 0 unspecified atom stereocenters. The lowest BCUT2D eigenvalue weighted by molar-refractivity contribution is -0.155. The number of anilines is 1. The number of ketones is 1. The lowest BCUT2D eigenvalue weighted by Crippen LogP contribution is -2.31. The minimum absolute atomic E-state index is 0.103. The van der Waals surface area contributed by atoms with Crippen LogP contribution in [0.3, 0.4) is 0 Å². The first-order valence-corrected chi connectivity index (χ1v) is 8.16. The number of Topliss-reactive ketones (excluding diaryl/α,β-unsaturated/α-hetero) is 1. The van der Waals surface area contributed by atoms with Gasteiger partial charge in [0.1, 0.15) is 5.75 Å². The smallest absolute Gasteiger partial charge is 0.344 e. The zero-order valence-electron chi connectivity index (χ0n) is 14.9. The van der Waals surface area contributed by atoms with Crippen molar-refractivity contribution in [2.24, 2.45) is 0 Å². The number of esters is 1. The molecule has 2 rings (SSSR count). The molecule has 0 aliphatic heterocycles. The molecule has 2 aromatic carbocycles. The van der Waals surface area contributed by atoms with Crippen LogP contribution in [0, 0.1) is 6.92 Å². The summed E-state index contributed by atoms with van der Waals surface area (Å²) in [7, 11) is 0. The average Bonchev–Trinajstić information content (AvgIpc) is 2.61. The third kappa shape index (κ3) is 5.44. The number of para-hydroxylation sites is 1. The number of carbonyl (C=O) groups excluding carboxylic acids is 3. The Bertz CT molecular complexity index is 815. The predicted octanol–water partition coefficient (Wildman–Crippen LogP) is 3.15. The number of hydrogen-bond donors (Lipinski definition) is 1. The third-order valence-electron chi connectivity index (χ3n) is 3.65. The van der Waals surface area contributed by atoms with Crippen molar-refractivity contribution >= 4 is 23.3 Å². The van der Waals surface area contributed by atoms with Gasteiger partial charge >= 0.3 is 5.97 Å². The van der Waals surface area contributed by atoms with Crippen LogP contribution in [0.4, 0.5) is 5.69 Å². The minimum Gasteiger partial charge on any atom is -0.482 e. The van der Waals surface area contributed by atoms with E-state index in [2.05, 4.69) is 5.32 Å². The standard InChI is InChI=1S/C20H21NO5/c1-13-7-4-5-10-18(13)25-12-19(23)26-15(3)20(24)21-17-9-6-8-16(11-17)14(2)22/h4-11,15H,12H2,1-3H3,(H,21,24)/t15-/m0/s1. The Hall–Kier alpha value is -3.15. The van der Waals surface area contributed by atoms with Gasteiger partial charge in [-0.1, -0.05) is 30.3 Å². The molecule has 26 heavy (non-hydrogen) atoms. The number of hydrogen-bond acceptors (Lipinski definition) is 5. The monoisotopic (exact) mass is 355 g/mol. The normalized spacial score (nSPS) is 11.3. The van der Waals surface area contributed by atoms with E-state index in [1.807, 2.05) is 19.1 Å². The molecule has 2 aromatic rings. The van der Waals surface area contributed by atoms with Crippen molar-refractivity contribution in [3.05, 3.63) is 59.7 Å². The van der Waals surface area contributed by atoms with Gasteiger partial charge in [-0.2, -0.15) is 0 Å². The van der Waals surface area contributed by atoms with Gasteiger partial charge in [0.2, 0.25) is 0 Å². The first-order valence-electron chi connectivity index (χ1n) is 8.16. The van der Waals surface area contributed by atoms with E-state index in [1.54, 1.807) is 36.4 Å². The molecule has 0 saturated heterocycles. The molecule has 0 bridgehead atoms. The highest BCUT2D eigenvalue weighted by Crippen LogP contribution is 2.16. The fourth-order valence-corrected chi connectivity index (χ4v) is 2.20. The predicted molar refractivity (Wildman–Crippen MR) is 97.3 cm³/mol. The van der Waals surface area contributed by atoms with Gasteiger partial charge < -0.3 is 14.8 Å². The molecule has 1 amide bonds. The lowest BCUT2D eigenvalue weighted by atomic mass is 10.1. The van der Waals surface area contributed by atoms with Crippen LogP contribution in [0.25, 0.3) is 0 Å². The summed E-state index contributed by atoms with van der Waals surface area (Å²) in [6, 6.07) is 13.8. The quantitative estimate of drug-likeness (QED) is 0.609. The van der Waals surface area contributed by atoms with E-state index < -0.39 is 18.0 Å². The molecule has 0 aliphatic carbocycles. The zero-order chi connectivity index (χ0) is 19.1. The largest absolute Gasteiger partial charge is 0.482 e. The van der Waals surface area contributed by atoms with Crippen molar-refractivity contribution in [1.82, 2.24) is 0 Å². The van der Waals surface area contributed by atoms with Crippen LogP contribution < -0.4 is 10.1 Å². The van der Waals surface area contributed by atoms with Gasteiger partial charge in [0, 0.05) is 11.3 Å². The average molecular weight is 355 g/mol. The summed E-state index contributed by atoms with van der Waals surface area (Å²) in [4.78, 5) is 35.4. The molecular weight excluding hydrogens is 334 g/mol. The Morgan fingerprint density at radius 2 is 1.81 bits per heavy atom. The van der Waals surface area contributed by atoms with Crippen LogP contribution in [0.1, 0.15) is 29.8 Å². The fourth-order valence-electron chi connectivity index (χ4n) is 2.20. The lowest BCUT2D eigenvalue weighted by Gasteiger charge is -2.14. The van der Waals surface area contributed by atoms with Crippen LogP contribution in [-0.2, 0) is 14.3 Å². The van der Waals surface area contributed by atoms with Crippen molar-refractivity contribution in [1.29, 1.82) is 0 Å². The zero-order valence-corrected chi connectivity index (χ0v) is 14.9. The number of aryl methyl sites for hydroxylation is 1. The molecule has 0 spiro atoms. The van der Waals surface area contributed by atoms with Gasteiger partial charge in [-0.25, -0.2) is 4.79 Å². The van der Waals surface area contributed by atoms with Crippen LogP contribution in [0.2, 0.25) is 0 Å². The van der Waals surface area contributed by atoms with E-state index in [0.717, 1.165) is 5.56 Å². The van der Waals surface area contributed by atoms with Gasteiger partial charge in [-0.15, -0.1) is 0 Å². The first kappa shape index (κ1) is 19.2. The SMILES string of the molecule is CC(=O)c1cccc(NC(=O)[C@H](C)OC(=O)COc2ccccc2C)c1. The van der Waals surface area contributed by atoms with Gasteiger partial charge in [-0.3, -0.25) is 9.59 Å². The van der Waals surface area contributed by atoms with E-state index in [4.69, 9.17) is 9.47 Å². The Morgan fingerprint density at radius 1 is 1.08 bits per heavy atom. The summed E-state index contributed by atoms with van der Waals surface area (Å²) in [5.74, 6) is -0.653. The number of carbonyl (C=O) groups is 3. The molecule has 0 fully saturated rings. The summed E-state index contributed by atoms with van der Waals surface area (Å²) in [5.41, 5.74) is 1.84. The van der Waals surface area contributed by atoms with Crippen LogP contribution >= 0.6 is 0 Å². The summed E-state index contributed by atoms with van der Waals surface area (Å²) in [5, 5.41) is 2.62. The van der Waals surface area contributed by atoms with E-state index in [0.29, 0.717) is 17.0 Å². The summed E-state index contributed by atoms with van der Waals surface area (Å²) in [6.45, 7) is 4.49. The van der Waals surface area contributed by atoms with E-state index in [9.17, 15) is 14.4 Å². The van der Waals surface area contributed by atoms with Crippen molar-refractivity contribution in [2.75, 3.05) is 11.9 Å². The van der Waals surface area contributed by atoms with Gasteiger partial charge in [-0.05, 0) is 44.5 Å².